The van der Waals surface area contributed by atoms with Crippen molar-refractivity contribution in [2.75, 3.05) is 7.11 Å². The molecule has 1 N–H and O–H groups in total. The Balaban J connectivity index is 1.80. The molecule has 33 heavy (non-hydrogen) atoms. The third kappa shape index (κ3) is 5.65. The monoisotopic (exact) mass is 435 g/mol. The lowest BCUT2D eigenvalue weighted by Crippen LogP contribution is -2.41. The van der Waals surface area contributed by atoms with Crippen LogP contribution in [-0.2, 0) is 4.84 Å². The number of rotatable bonds is 9. The van der Waals surface area contributed by atoms with E-state index in [0.717, 1.165) is 22.3 Å². The van der Waals surface area contributed by atoms with Crippen LogP contribution in [0.25, 0.3) is 6.08 Å². The number of hydroxylamine groups is 2. The Bertz CT molecular complexity index is 1080. The molecule has 0 aliphatic rings. The maximum atomic E-state index is 11.5. The molecule has 0 spiro atoms. The fourth-order valence-corrected chi connectivity index (χ4v) is 4.11. The highest BCUT2D eigenvalue weighted by molar-refractivity contribution is 5.50. The average molecular weight is 436 g/mol. The molecule has 0 amide bonds. The molecule has 3 heteroatoms. The van der Waals surface area contributed by atoms with Crippen LogP contribution < -0.4 is 0 Å². The number of benzene rings is 4. The highest BCUT2D eigenvalue weighted by Crippen LogP contribution is 2.35. The number of hydrogen-bond acceptors (Lipinski definition) is 3. The van der Waals surface area contributed by atoms with Crippen molar-refractivity contribution in [3.05, 3.63) is 150 Å². The molecule has 4 rings (SSSR count). The van der Waals surface area contributed by atoms with Crippen LogP contribution in [0.1, 0.15) is 34.4 Å². The summed E-state index contributed by atoms with van der Waals surface area (Å²) >= 11 is 0. The summed E-state index contributed by atoms with van der Waals surface area (Å²) in [6, 6.07) is 39.7. The van der Waals surface area contributed by atoms with E-state index < -0.39 is 12.1 Å². The first-order valence-electron chi connectivity index (χ1n) is 11.2. The van der Waals surface area contributed by atoms with Crippen LogP contribution in [-0.4, -0.2) is 23.3 Å². The number of aliphatic hydroxyl groups is 1. The topological polar surface area (TPSA) is 32.7 Å². The Morgan fingerprint density at radius 1 is 0.636 bits per heavy atom. The zero-order chi connectivity index (χ0) is 22.9. The van der Waals surface area contributed by atoms with Crippen molar-refractivity contribution < 1.29 is 9.94 Å². The van der Waals surface area contributed by atoms with Crippen LogP contribution in [0, 0.1) is 0 Å². The molecule has 2 atom stereocenters. The quantitative estimate of drug-likeness (QED) is 0.307. The lowest BCUT2D eigenvalue weighted by molar-refractivity contribution is -0.192. The van der Waals surface area contributed by atoms with Crippen molar-refractivity contribution in [2.24, 2.45) is 0 Å². The molecule has 166 valence electrons. The van der Waals surface area contributed by atoms with Gasteiger partial charge in [-0.05, 0) is 22.3 Å². The Morgan fingerprint density at radius 3 is 1.52 bits per heavy atom. The van der Waals surface area contributed by atoms with Gasteiger partial charge in [0.1, 0.15) is 6.10 Å². The zero-order valence-corrected chi connectivity index (χ0v) is 18.7. The Hall–Kier alpha value is -3.50. The predicted molar refractivity (Wildman–Crippen MR) is 134 cm³/mol. The molecule has 0 aliphatic heterocycles. The van der Waals surface area contributed by atoms with Crippen LogP contribution in [0.15, 0.2) is 127 Å². The molecular formula is C30H29NO2. The van der Waals surface area contributed by atoms with E-state index in [2.05, 4.69) is 24.3 Å². The van der Waals surface area contributed by atoms with E-state index in [1.54, 1.807) is 7.11 Å². The van der Waals surface area contributed by atoms with E-state index in [0.29, 0.717) is 0 Å². The lowest BCUT2D eigenvalue weighted by atomic mass is 9.94. The first kappa shape index (κ1) is 22.7. The molecule has 0 unspecified atom stereocenters. The first-order valence-corrected chi connectivity index (χ1v) is 11.2. The van der Waals surface area contributed by atoms with E-state index in [9.17, 15) is 5.11 Å². The molecule has 3 nitrogen and oxygen atoms in total. The summed E-state index contributed by atoms with van der Waals surface area (Å²) in [6.45, 7) is 0. The summed E-state index contributed by atoms with van der Waals surface area (Å²) in [7, 11) is 1.67. The minimum absolute atomic E-state index is 0.207. The van der Waals surface area contributed by atoms with Crippen LogP contribution >= 0.6 is 0 Å². The van der Waals surface area contributed by atoms with Crippen molar-refractivity contribution in [2.45, 2.75) is 18.2 Å². The summed E-state index contributed by atoms with van der Waals surface area (Å²) in [4.78, 5) is 6.04. The van der Waals surface area contributed by atoms with Gasteiger partial charge in [-0.1, -0.05) is 133 Å². The van der Waals surface area contributed by atoms with Crippen molar-refractivity contribution in [1.82, 2.24) is 5.06 Å². The Morgan fingerprint density at radius 2 is 1.06 bits per heavy atom. The standard InChI is InChI=1S/C30H29NO2/c1-33-31(29(25-16-8-3-9-17-25)26-18-10-4-11-19-26)28(23-22-24-14-6-2-7-15-24)30(32)27-20-12-5-13-21-27/h2-23,28-30,32H,1H3/b23-22+/t28-,30+/m1/s1. The molecular weight excluding hydrogens is 406 g/mol. The number of aliphatic hydroxyl groups excluding tert-OH is 1. The molecule has 0 aliphatic carbocycles. The predicted octanol–water partition coefficient (Wildman–Crippen LogP) is 6.46. The fourth-order valence-electron chi connectivity index (χ4n) is 4.11. The van der Waals surface area contributed by atoms with E-state index in [4.69, 9.17) is 4.84 Å². The van der Waals surface area contributed by atoms with Gasteiger partial charge in [0.15, 0.2) is 0 Å². The van der Waals surface area contributed by atoms with E-state index >= 15 is 0 Å². The Labute approximate surface area is 196 Å². The third-order valence-corrected chi connectivity index (χ3v) is 5.74. The summed E-state index contributed by atoms with van der Waals surface area (Å²) in [5.41, 5.74) is 4.07. The largest absolute Gasteiger partial charge is 0.386 e. The third-order valence-electron chi connectivity index (χ3n) is 5.74. The SMILES string of the molecule is CON(C(c1ccccc1)c1ccccc1)[C@H](/C=C/c1ccccc1)[C@@H](O)c1ccccc1. The summed E-state index contributed by atoms with van der Waals surface area (Å²) in [5.74, 6) is 0. The number of nitrogens with zero attached hydrogens (tertiary/aromatic N) is 1. The van der Waals surface area contributed by atoms with Gasteiger partial charge in [-0.15, -0.1) is 0 Å². The van der Waals surface area contributed by atoms with Crippen LogP contribution in [0.4, 0.5) is 0 Å². The van der Waals surface area contributed by atoms with Crippen LogP contribution in [0.5, 0.6) is 0 Å². The van der Waals surface area contributed by atoms with Gasteiger partial charge in [0.25, 0.3) is 0 Å². The van der Waals surface area contributed by atoms with Gasteiger partial charge in [0.05, 0.1) is 19.2 Å². The van der Waals surface area contributed by atoms with Gasteiger partial charge in [-0.25, -0.2) is 0 Å². The van der Waals surface area contributed by atoms with Gasteiger partial charge in [-0.2, -0.15) is 5.06 Å². The molecule has 0 saturated carbocycles. The zero-order valence-electron chi connectivity index (χ0n) is 18.7. The second-order valence-corrected chi connectivity index (χ2v) is 7.88. The molecule has 4 aromatic carbocycles. The van der Waals surface area contributed by atoms with E-state index in [1.165, 1.54) is 0 Å². The van der Waals surface area contributed by atoms with Crippen molar-refractivity contribution in [3.63, 3.8) is 0 Å². The van der Waals surface area contributed by atoms with Gasteiger partial charge >= 0.3 is 0 Å². The summed E-state index contributed by atoms with van der Waals surface area (Å²) < 4.78 is 0. The minimum atomic E-state index is -0.791. The smallest absolute Gasteiger partial charge is 0.100 e. The molecule has 0 heterocycles. The minimum Gasteiger partial charge on any atom is -0.386 e. The molecule has 0 saturated heterocycles. The summed E-state index contributed by atoms with van der Waals surface area (Å²) in [5, 5.41) is 13.4. The molecule has 0 fully saturated rings. The van der Waals surface area contributed by atoms with Crippen LogP contribution in [0.3, 0.4) is 0 Å². The molecule has 0 bridgehead atoms. The van der Waals surface area contributed by atoms with Gasteiger partial charge < -0.3 is 9.94 Å². The molecule has 0 aromatic heterocycles. The molecule has 4 aromatic rings. The van der Waals surface area contributed by atoms with Crippen molar-refractivity contribution in [1.29, 1.82) is 0 Å². The second kappa shape index (κ2) is 11.4. The van der Waals surface area contributed by atoms with E-state index in [-0.39, 0.29) is 6.04 Å². The maximum absolute atomic E-state index is 11.5. The lowest BCUT2D eigenvalue weighted by Gasteiger charge is -2.37. The van der Waals surface area contributed by atoms with Crippen molar-refractivity contribution in [3.8, 4) is 0 Å². The van der Waals surface area contributed by atoms with E-state index in [1.807, 2.05) is 114 Å². The maximum Gasteiger partial charge on any atom is 0.100 e. The van der Waals surface area contributed by atoms with Gasteiger partial charge in [0, 0.05) is 0 Å². The normalized spacial score (nSPS) is 13.5. The van der Waals surface area contributed by atoms with Crippen molar-refractivity contribution >= 4 is 6.08 Å². The highest BCUT2D eigenvalue weighted by atomic mass is 16.7. The number of hydrogen-bond donors (Lipinski definition) is 1. The second-order valence-electron chi connectivity index (χ2n) is 7.88. The summed E-state index contributed by atoms with van der Waals surface area (Å²) in [6.07, 6.45) is 3.27. The van der Waals surface area contributed by atoms with Gasteiger partial charge in [-0.3, -0.25) is 0 Å². The average Bonchev–Trinajstić information content (AvgIpc) is 2.90. The van der Waals surface area contributed by atoms with Crippen LogP contribution in [0.2, 0.25) is 0 Å². The Kier molecular flexibility index (Phi) is 7.83. The fraction of sp³-hybridized carbons (Fsp3) is 0.133. The van der Waals surface area contributed by atoms with Gasteiger partial charge in [0.2, 0.25) is 0 Å². The first-order chi connectivity index (χ1) is 16.3. The molecule has 0 radical (unpaired) electrons. The highest BCUT2D eigenvalue weighted by Gasteiger charge is 2.33.